The van der Waals surface area contributed by atoms with Crippen LogP contribution < -0.4 is 10.6 Å². The van der Waals surface area contributed by atoms with Crippen LogP contribution in [0, 0.1) is 6.92 Å². The van der Waals surface area contributed by atoms with Gasteiger partial charge in [-0.1, -0.05) is 0 Å². The molecule has 1 aliphatic rings. The Kier molecular flexibility index (Phi) is 5.48. The molecule has 2 atom stereocenters. The number of nitrogens with one attached hydrogen (secondary N) is 2. The largest absolute Gasteiger partial charge is 0.408 e. The Morgan fingerprint density at radius 2 is 1.96 bits per heavy atom. The van der Waals surface area contributed by atoms with Gasteiger partial charge < -0.3 is 15.5 Å². The number of rotatable bonds is 3. The van der Waals surface area contributed by atoms with E-state index in [4.69, 9.17) is 0 Å². The summed E-state index contributed by atoms with van der Waals surface area (Å²) in [4.78, 5) is 32.8. The fourth-order valence-electron chi connectivity index (χ4n) is 2.83. The maximum Gasteiger partial charge on any atom is 0.408 e. The third-order valence-corrected chi connectivity index (χ3v) is 4.01. The number of likely N-dealkylation sites (tertiary alicyclic amines) is 1. The molecule has 25 heavy (non-hydrogen) atoms. The van der Waals surface area contributed by atoms with Gasteiger partial charge in [-0.3, -0.25) is 9.59 Å². The Labute approximate surface area is 143 Å². The van der Waals surface area contributed by atoms with Crippen molar-refractivity contribution in [2.24, 2.45) is 0 Å². The first-order valence-corrected chi connectivity index (χ1v) is 7.80. The Morgan fingerprint density at radius 1 is 1.28 bits per heavy atom. The number of hydrogen-bond donors (Lipinski definition) is 2. The van der Waals surface area contributed by atoms with E-state index in [9.17, 15) is 22.8 Å². The molecule has 10 heteroatoms. The molecule has 138 valence electrons. The highest BCUT2D eigenvalue weighted by Crippen LogP contribution is 2.32. The minimum absolute atomic E-state index is 0.115. The summed E-state index contributed by atoms with van der Waals surface area (Å²) in [6.45, 7) is 2.61. The van der Waals surface area contributed by atoms with Gasteiger partial charge >= 0.3 is 6.18 Å². The number of aromatic nitrogens is 2. The van der Waals surface area contributed by atoms with E-state index >= 15 is 0 Å². The maximum absolute atomic E-state index is 13.0. The molecule has 1 saturated heterocycles. The van der Waals surface area contributed by atoms with Crippen LogP contribution in [0.5, 0.6) is 0 Å². The molecule has 1 aromatic heterocycles. The van der Waals surface area contributed by atoms with Crippen molar-refractivity contribution in [1.29, 1.82) is 0 Å². The molecular weight excluding hydrogens is 339 g/mol. The van der Waals surface area contributed by atoms with Crippen molar-refractivity contribution in [3.05, 3.63) is 17.5 Å². The molecule has 0 aromatic carbocycles. The van der Waals surface area contributed by atoms with Gasteiger partial charge in [-0.25, -0.2) is 9.97 Å². The number of piperidine rings is 1. The molecule has 7 nitrogen and oxygen atoms in total. The van der Waals surface area contributed by atoms with Gasteiger partial charge in [0.05, 0.1) is 0 Å². The lowest BCUT2D eigenvalue weighted by Crippen LogP contribution is -2.57. The van der Waals surface area contributed by atoms with Crippen molar-refractivity contribution in [3.8, 4) is 0 Å². The number of alkyl halides is 3. The minimum atomic E-state index is -4.48. The normalized spacial score (nSPS) is 21.0. The monoisotopic (exact) mass is 359 g/mol. The molecule has 0 saturated carbocycles. The molecule has 0 radical (unpaired) electrons. The van der Waals surface area contributed by atoms with Crippen LogP contribution in [0.15, 0.2) is 6.07 Å². The summed E-state index contributed by atoms with van der Waals surface area (Å²) < 4.78 is 39.1. The zero-order valence-corrected chi connectivity index (χ0v) is 14.1. The number of aryl methyl sites for hydroxylation is 1. The Morgan fingerprint density at radius 3 is 2.52 bits per heavy atom. The fraction of sp³-hybridized carbons (Fsp3) is 0.600. The molecule has 2 unspecified atom stereocenters. The summed E-state index contributed by atoms with van der Waals surface area (Å²) >= 11 is 0. The molecule has 0 spiro atoms. The zero-order chi connectivity index (χ0) is 18.8. The van der Waals surface area contributed by atoms with E-state index < -0.39 is 30.1 Å². The first-order chi connectivity index (χ1) is 11.6. The van der Waals surface area contributed by atoms with Crippen molar-refractivity contribution in [3.63, 3.8) is 0 Å². The molecule has 1 fully saturated rings. The lowest BCUT2D eigenvalue weighted by atomic mass is 9.97. The molecule has 2 heterocycles. The fourth-order valence-corrected chi connectivity index (χ4v) is 2.83. The van der Waals surface area contributed by atoms with Gasteiger partial charge in [-0.05, 0) is 25.8 Å². The minimum Gasteiger partial charge on any atom is -0.357 e. The van der Waals surface area contributed by atoms with Crippen LogP contribution in [0.3, 0.4) is 0 Å². The van der Waals surface area contributed by atoms with E-state index in [0.717, 1.165) is 11.8 Å². The second-order valence-electron chi connectivity index (χ2n) is 5.94. The Bertz CT molecular complexity index is 665. The Balaban J connectivity index is 2.10. The van der Waals surface area contributed by atoms with E-state index in [0.29, 0.717) is 5.69 Å². The van der Waals surface area contributed by atoms with Gasteiger partial charge in [0.1, 0.15) is 11.7 Å². The summed E-state index contributed by atoms with van der Waals surface area (Å²) in [5, 5.41) is 5.38. The van der Waals surface area contributed by atoms with Crippen molar-refractivity contribution in [2.45, 2.75) is 44.9 Å². The zero-order valence-electron chi connectivity index (χ0n) is 14.1. The van der Waals surface area contributed by atoms with E-state index in [1.165, 1.54) is 6.07 Å². The number of hydrogen-bond acceptors (Lipinski definition) is 5. The summed E-state index contributed by atoms with van der Waals surface area (Å²) in [5.41, 5.74) is 0.694. The molecule has 2 amide bonds. The van der Waals surface area contributed by atoms with Crippen molar-refractivity contribution < 1.29 is 22.8 Å². The number of carbonyl (C=O) groups excluding carboxylic acids is 2. The molecule has 2 N–H and O–H groups in total. The first-order valence-electron chi connectivity index (χ1n) is 7.80. The van der Waals surface area contributed by atoms with Gasteiger partial charge in [0.15, 0.2) is 0 Å². The van der Waals surface area contributed by atoms with Gasteiger partial charge in [0.2, 0.25) is 11.9 Å². The van der Waals surface area contributed by atoms with Crippen LogP contribution in [0.2, 0.25) is 0 Å². The highest BCUT2D eigenvalue weighted by Gasteiger charge is 2.47. The number of amides is 2. The quantitative estimate of drug-likeness (QED) is 0.854. The van der Waals surface area contributed by atoms with Crippen LogP contribution in [-0.4, -0.2) is 58.5 Å². The summed E-state index contributed by atoms with van der Waals surface area (Å²) in [7, 11) is 1.61. The molecule has 1 aliphatic heterocycles. The number of halogens is 3. The highest BCUT2D eigenvalue weighted by atomic mass is 19.4. The summed E-state index contributed by atoms with van der Waals surface area (Å²) in [6.07, 6.45) is -4.60. The predicted molar refractivity (Wildman–Crippen MR) is 84.0 cm³/mol. The van der Waals surface area contributed by atoms with E-state index in [1.807, 2.05) is 0 Å². The highest BCUT2D eigenvalue weighted by molar-refractivity contribution is 5.92. The Hall–Kier alpha value is -2.39. The van der Waals surface area contributed by atoms with Crippen LogP contribution >= 0.6 is 0 Å². The lowest BCUT2D eigenvalue weighted by molar-refractivity contribution is -0.196. The smallest absolute Gasteiger partial charge is 0.357 e. The first kappa shape index (κ1) is 18.9. The average molecular weight is 359 g/mol. The molecular formula is C15H20F3N5O2. The third-order valence-electron chi connectivity index (χ3n) is 4.01. The second kappa shape index (κ2) is 7.24. The predicted octanol–water partition coefficient (Wildman–Crippen LogP) is 1.50. The summed E-state index contributed by atoms with van der Waals surface area (Å²) in [6, 6.07) is -0.890. The van der Waals surface area contributed by atoms with Gasteiger partial charge in [0, 0.05) is 32.3 Å². The van der Waals surface area contributed by atoms with Crippen LogP contribution in [0.1, 0.15) is 35.9 Å². The lowest BCUT2D eigenvalue weighted by Gasteiger charge is -2.40. The number of nitrogens with zero attached hydrogens (tertiary/aromatic N) is 3. The number of carbonyl (C=O) groups is 2. The molecule has 2 rings (SSSR count). The second-order valence-corrected chi connectivity index (χ2v) is 5.94. The summed E-state index contributed by atoms with van der Waals surface area (Å²) in [5.74, 6) is -0.908. The van der Waals surface area contributed by atoms with Crippen LogP contribution in [0.25, 0.3) is 0 Å². The van der Waals surface area contributed by atoms with E-state index in [2.05, 4.69) is 20.6 Å². The van der Waals surface area contributed by atoms with Crippen molar-refractivity contribution >= 4 is 17.8 Å². The topological polar surface area (TPSA) is 87.2 Å². The molecule has 0 bridgehead atoms. The van der Waals surface area contributed by atoms with Gasteiger partial charge in [0.25, 0.3) is 5.91 Å². The van der Waals surface area contributed by atoms with Crippen molar-refractivity contribution in [1.82, 2.24) is 20.2 Å². The standard InChI is InChI=1S/C15H20F3N5O2/c1-8-6-11(22-14(19-3)20-8)13(25)21-10-4-5-12(15(16,17)18)23(7-10)9(2)24/h6,10,12H,4-5,7H2,1-3H3,(H,21,25)(H,19,20,22). The molecule has 0 aliphatic carbocycles. The third kappa shape index (κ3) is 4.58. The van der Waals surface area contributed by atoms with Crippen LogP contribution in [-0.2, 0) is 4.79 Å². The van der Waals surface area contributed by atoms with Crippen molar-refractivity contribution in [2.75, 3.05) is 18.9 Å². The maximum atomic E-state index is 13.0. The van der Waals surface area contributed by atoms with E-state index in [-0.39, 0.29) is 31.0 Å². The number of anilines is 1. The van der Waals surface area contributed by atoms with E-state index in [1.54, 1.807) is 14.0 Å². The average Bonchev–Trinajstić information content (AvgIpc) is 2.52. The molecule has 1 aromatic rings. The van der Waals surface area contributed by atoms with Gasteiger partial charge in [-0.2, -0.15) is 13.2 Å². The van der Waals surface area contributed by atoms with Gasteiger partial charge in [-0.15, -0.1) is 0 Å². The SMILES string of the molecule is CNc1nc(C)cc(C(=O)NC2CCC(C(F)(F)F)N(C(C)=O)C2)n1. The van der Waals surface area contributed by atoms with Crippen LogP contribution in [0.4, 0.5) is 19.1 Å².